The lowest BCUT2D eigenvalue weighted by atomic mass is 10.1. The predicted molar refractivity (Wildman–Crippen MR) is 77.9 cm³/mol. The van der Waals surface area contributed by atoms with E-state index in [4.69, 9.17) is 4.74 Å². The van der Waals surface area contributed by atoms with Gasteiger partial charge in [0.25, 0.3) is 0 Å². The summed E-state index contributed by atoms with van der Waals surface area (Å²) in [4.78, 5) is 25.7. The molecule has 4 nitrogen and oxygen atoms in total. The smallest absolute Gasteiger partial charge is 0.310 e. The van der Waals surface area contributed by atoms with E-state index in [1.165, 1.54) is 0 Å². The number of benzene rings is 1. The number of fused-ring (bicyclic) bond motifs is 1. The first-order chi connectivity index (χ1) is 10.2. The molecule has 0 atom stereocenters. The van der Waals surface area contributed by atoms with Gasteiger partial charge in [0, 0.05) is 17.5 Å². The van der Waals surface area contributed by atoms with Gasteiger partial charge in [-0.25, -0.2) is 0 Å². The molecule has 0 fully saturated rings. The lowest BCUT2D eigenvalue weighted by Crippen LogP contribution is -2.15. The van der Waals surface area contributed by atoms with Gasteiger partial charge >= 0.3 is 5.97 Å². The van der Waals surface area contributed by atoms with Gasteiger partial charge in [-0.3, -0.25) is 9.59 Å². The molecule has 106 valence electrons. The van der Waals surface area contributed by atoms with E-state index >= 15 is 0 Å². The van der Waals surface area contributed by atoms with Gasteiger partial charge in [0.2, 0.25) is 0 Å². The van der Waals surface area contributed by atoms with Crippen molar-refractivity contribution >= 4 is 11.8 Å². The number of esters is 1. The largest absolute Gasteiger partial charge is 0.461 e. The standard InChI is InChI=1S/C17H15NO3/c19-16-11-18-9-5-4-8-15(18)14(16)10-17(20)21-12-13-6-2-1-3-7-13/h1-9H,10-12H2. The van der Waals surface area contributed by atoms with Crippen molar-refractivity contribution in [2.45, 2.75) is 13.0 Å². The SMILES string of the molecule is O=C(CC1=C2C=CC=CN2CC1=O)OCc1ccccc1. The number of hydrogen-bond donors (Lipinski definition) is 0. The van der Waals surface area contributed by atoms with Gasteiger partial charge in [-0.05, 0) is 17.7 Å². The molecule has 4 heteroatoms. The van der Waals surface area contributed by atoms with E-state index in [0.29, 0.717) is 12.1 Å². The maximum absolute atomic E-state index is 12.0. The first kappa shape index (κ1) is 13.4. The highest BCUT2D eigenvalue weighted by Gasteiger charge is 2.29. The number of ketones is 1. The summed E-state index contributed by atoms with van der Waals surface area (Å²) < 4.78 is 5.23. The molecule has 2 aliphatic rings. The Bertz CT molecular complexity index is 656. The molecule has 0 aliphatic carbocycles. The van der Waals surface area contributed by atoms with Gasteiger partial charge in [-0.1, -0.05) is 36.4 Å². The molecule has 2 aliphatic heterocycles. The Morgan fingerprint density at radius 3 is 2.81 bits per heavy atom. The van der Waals surface area contributed by atoms with E-state index in [-0.39, 0.29) is 24.8 Å². The number of rotatable bonds is 4. The Labute approximate surface area is 123 Å². The van der Waals surface area contributed by atoms with E-state index in [1.54, 1.807) is 0 Å². The van der Waals surface area contributed by atoms with Crippen LogP contribution in [-0.4, -0.2) is 23.2 Å². The Balaban J connectivity index is 1.63. The molecule has 0 spiro atoms. The van der Waals surface area contributed by atoms with Gasteiger partial charge in [-0.2, -0.15) is 0 Å². The zero-order chi connectivity index (χ0) is 14.7. The first-order valence-electron chi connectivity index (χ1n) is 6.81. The third-order valence-corrected chi connectivity index (χ3v) is 3.46. The van der Waals surface area contributed by atoms with Crippen LogP contribution in [0.25, 0.3) is 0 Å². The highest BCUT2D eigenvalue weighted by Crippen LogP contribution is 2.26. The van der Waals surface area contributed by atoms with E-state index < -0.39 is 0 Å². The number of ether oxygens (including phenoxy) is 1. The fourth-order valence-corrected chi connectivity index (χ4v) is 2.40. The van der Waals surface area contributed by atoms with Crippen LogP contribution in [0.15, 0.2) is 66.0 Å². The Morgan fingerprint density at radius 1 is 1.19 bits per heavy atom. The molecule has 0 radical (unpaired) electrons. The van der Waals surface area contributed by atoms with Crippen LogP contribution < -0.4 is 0 Å². The minimum atomic E-state index is -0.375. The van der Waals surface area contributed by atoms with Crippen molar-refractivity contribution in [1.29, 1.82) is 0 Å². The van der Waals surface area contributed by atoms with Gasteiger partial charge in [0.1, 0.15) is 6.61 Å². The van der Waals surface area contributed by atoms with Gasteiger partial charge in [-0.15, -0.1) is 0 Å². The first-order valence-corrected chi connectivity index (χ1v) is 6.81. The number of Topliss-reactive ketones (excluding diaryl/α,β-unsaturated/α-hetero) is 1. The second kappa shape index (κ2) is 5.79. The molecule has 0 N–H and O–H groups in total. The van der Waals surface area contributed by atoms with Crippen LogP contribution in [-0.2, 0) is 20.9 Å². The Kier molecular flexibility index (Phi) is 3.69. The summed E-state index contributed by atoms with van der Waals surface area (Å²) in [5, 5.41) is 0. The van der Waals surface area contributed by atoms with Crippen LogP contribution in [0.2, 0.25) is 0 Å². The van der Waals surface area contributed by atoms with E-state index in [9.17, 15) is 9.59 Å². The molecule has 3 rings (SSSR count). The number of carbonyl (C=O) groups is 2. The molecule has 21 heavy (non-hydrogen) atoms. The lowest BCUT2D eigenvalue weighted by molar-refractivity contribution is -0.144. The number of hydrogen-bond acceptors (Lipinski definition) is 4. The van der Waals surface area contributed by atoms with Crippen molar-refractivity contribution in [2.24, 2.45) is 0 Å². The van der Waals surface area contributed by atoms with Crippen molar-refractivity contribution in [3.8, 4) is 0 Å². The van der Waals surface area contributed by atoms with E-state index in [1.807, 2.05) is 59.7 Å². The highest BCUT2D eigenvalue weighted by molar-refractivity contribution is 6.04. The molecule has 1 aromatic carbocycles. The normalized spacial score (nSPS) is 16.4. The lowest BCUT2D eigenvalue weighted by Gasteiger charge is -2.16. The number of carbonyl (C=O) groups excluding carboxylic acids is 2. The van der Waals surface area contributed by atoms with Crippen molar-refractivity contribution in [2.75, 3.05) is 6.54 Å². The third kappa shape index (κ3) is 2.94. The average molecular weight is 281 g/mol. The summed E-state index contributed by atoms with van der Waals surface area (Å²) in [6.45, 7) is 0.535. The third-order valence-electron chi connectivity index (χ3n) is 3.46. The Morgan fingerprint density at radius 2 is 2.00 bits per heavy atom. The van der Waals surface area contributed by atoms with Gasteiger partial charge in [0.05, 0.1) is 13.0 Å². The summed E-state index contributed by atoms with van der Waals surface area (Å²) in [5.41, 5.74) is 2.27. The van der Waals surface area contributed by atoms with Gasteiger partial charge in [0.15, 0.2) is 5.78 Å². The molecule has 0 saturated heterocycles. The highest BCUT2D eigenvalue weighted by atomic mass is 16.5. The quantitative estimate of drug-likeness (QED) is 0.795. The maximum atomic E-state index is 12.0. The molecule has 1 aromatic rings. The zero-order valence-electron chi connectivity index (χ0n) is 11.5. The minimum absolute atomic E-state index is 0.0159. The molecular weight excluding hydrogens is 266 g/mol. The molecule has 0 unspecified atom stereocenters. The second-order valence-electron chi connectivity index (χ2n) is 4.94. The monoisotopic (exact) mass is 281 g/mol. The molecule has 0 amide bonds. The van der Waals surface area contributed by atoms with E-state index in [0.717, 1.165) is 11.3 Å². The van der Waals surface area contributed by atoms with Crippen LogP contribution in [0.4, 0.5) is 0 Å². The fraction of sp³-hybridized carbons (Fsp3) is 0.176. The minimum Gasteiger partial charge on any atom is -0.461 e. The van der Waals surface area contributed by atoms with Crippen LogP contribution >= 0.6 is 0 Å². The van der Waals surface area contributed by atoms with Crippen LogP contribution in [0, 0.1) is 0 Å². The van der Waals surface area contributed by atoms with E-state index in [2.05, 4.69) is 0 Å². The van der Waals surface area contributed by atoms with Crippen molar-refractivity contribution < 1.29 is 14.3 Å². The molecule has 0 saturated carbocycles. The topological polar surface area (TPSA) is 46.6 Å². The van der Waals surface area contributed by atoms with Crippen LogP contribution in [0.5, 0.6) is 0 Å². The molecule has 0 bridgehead atoms. The fourth-order valence-electron chi connectivity index (χ4n) is 2.40. The van der Waals surface area contributed by atoms with Crippen molar-refractivity contribution in [3.05, 3.63) is 71.6 Å². The summed E-state index contributed by atoms with van der Waals surface area (Å²) >= 11 is 0. The summed E-state index contributed by atoms with van der Waals surface area (Å²) in [6.07, 6.45) is 7.45. The average Bonchev–Trinajstić information content (AvgIpc) is 2.82. The predicted octanol–water partition coefficient (Wildman–Crippen LogP) is 2.34. The van der Waals surface area contributed by atoms with Crippen molar-refractivity contribution in [1.82, 2.24) is 4.90 Å². The number of allylic oxidation sites excluding steroid dienone is 3. The second-order valence-corrected chi connectivity index (χ2v) is 4.94. The summed E-state index contributed by atoms with van der Waals surface area (Å²) in [5.74, 6) is -0.391. The van der Waals surface area contributed by atoms with Crippen LogP contribution in [0.1, 0.15) is 12.0 Å². The zero-order valence-corrected chi connectivity index (χ0v) is 11.5. The maximum Gasteiger partial charge on any atom is 0.310 e. The van der Waals surface area contributed by atoms with Crippen molar-refractivity contribution in [3.63, 3.8) is 0 Å². The molecular formula is C17H15NO3. The summed E-state index contributed by atoms with van der Waals surface area (Å²) in [7, 11) is 0. The molecule has 0 aromatic heterocycles. The van der Waals surface area contributed by atoms with Gasteiger partial charge < -0.3 is 9.64 Å². The number of nitrogens with zero attached hydrogens (tertiary/aromatic N) is 1. The Hall–Kier alpha value is -2.62. The molecule has 2 heterocycles. The summed E-state index contributed by atoms with van der Waals surface area (Å²) in [6, 6.07) is 9.49. The van der Waals surface area contributed by atoms with Crippen LogP contribution in [0.3, 0.4) is 0 Å².